The molecule has 0 amide bonds. The van der Waals surface area contributed by atoms with Crippen LogP contribution >= 0.6 is 0 Å². The number of carboxylic acid groups (broad SMARTS) is 1. The van der Waals surface area contributed by atoms with E-state index in [9.17, 15) is 15.0 Å². The van der Waals surface area contributed by atoms with Gasteiger partial charge in [0.05, 0.1) is 0 Å². The fourth-order valence-electron chi connectivity index (χ4n) is 2.55. The van der Waals surface area contributed by atoms with E-state index in [4.69, 9.17) is 5.11 Å². The molecule has 1 saturated carbocycles. The fraction of sp³-hybridized carbons (Fsp3) is 0.462. The minimum absolute atomic E-state index is 0.211. The number of aromatic hydroxyl groups is 2. The zero-order chi connectivity index (χ0) is 12.4. The van der Waals surface area contributed by atoms with Gasteiger partial charge in [-0.2, -0.15) is 0 Å². The second-order valence-electron chi connectivity index (χ2n) is 4.54. The summed E-state index contributed by atoms with van der Waals surface area (Å²) in [6.45, 7) is 0. The average molecular weight is 236 g/mol. The first-order valence-electron chi connectivity index (χ1n) is 5.89. The number of phenols is 2. The van der Waals surface area contributed by atoms with E-state index >= 15 is 0 Å². The SMILES string of the molecule is O=C(O)c1c(O)ccc(C2CCCCC2)c1O. The largest absolute Gasteiger partial charge is 0.507 e. The molecule has 17 heavy (non-hydrogen) atoms. The second kappa shape index (κ2) is 4.65. The Balaban J connectivity index is 2.41. The summed E-state index contributed by atoms with van der Waals surface area (Å²) in [7, 11) is 0. The predicted octanol–water partition coefficient (Wildman–Crippen LogP) is 2.84. The van der Waals surface area contributed by atoms with Crippen LogP contribution in [0.4, 0.5) is 0 Å². The molecule has 0 saturated heterocycles. The first-order valence-corrected chi connectivity index (χ1v) is 5.89. The third kappa shape index (κ3) is 2.20. The smallest absolute Gasteiger partial charge is 0.343 e. The Morgan fingerprint density at radius 3 is 2.35 bits per heavy atom. The van der Waals surface area contributed by atoms with E-state index in [0.717, 1.165) is 25.7 Å². The van der Waals surface area contributed by atoms with E-state index < -0.39 is 5.97 Å². The Morgan fingerprint density at radius 2 is 1.76 bits per heavy atom. The molecule has 4 heteroatoms. The van der Waals surface area contributed by atoms with Gasteiger partial charge in [0.15, 0.2) is 0 Å². The zero-order valence-corrected chi connectivity index (χ0v) is 9.52. The highest BCUT2D eigenvalue weighted by atomic mass is 16.4. The first kappa shape index (κ1) is 11.8. The van der Waals surface area contributed by atoms with Gasteiger partial charge in [0, 0.05) is 0 Å². The molecule has 0 aromatic heterocycles. The van der Waals surface area contributed by atoms with E-state index in [-0.39, 0.29) is 23.0 Å². The molecule has 0 unspecified atom stereocenters. The Bertz CT molecular complexity index is 433. The van der Waals surface area contributed by atoms with Gasteiger partial charge in [0.2, 0.25) is 0 Å². The molecule has 0 heterocycles. The van der Waals surface area contributed by atoms with Crippen molar-refractivity contribution in [1.29, 1.82) is 0 Å². The van der Waals surface area contributed by atoms with Crippen LogP contribution in [0.2, 0.25) is 0 Å². The standard InChI is InChI=1S/C13H16O4/c14-10-7-6-9(8-4-2-1-3-5-8)12(15)11(10)13(16)17/h6-8,14-15H,1-5H2,(H,16,17). The van der Waals surface area contributed by atoms with Crippen molar-refractivity contribution in [3.8, 4) is 11.5 Å². The van der Waals surface area contributed by atoms with E-state index in [1.807, 2.05) is 0 Å². The maximum atomic E-state index is 11.0. The summed E-state index contributed by atoms with van der Waals surface area (Å²) in [4.78, 5) is 11.0. The van der Waals surface area contributed by atoms with Gasteiger partial charge in [-0.3, -0.25) is 0 Å². The van der Waals surface area contributed by atoms with Gasteiger partial charge < -0.3 is 15.3 Å². The van der Waals surface area contributed by atoms with Crippen LogP contribution < -0.4 is 0 Å². The van der Waals surface area contributed by atoms with E-state index in [1.54, 1.807) is 6.07 Å². The van der Waals surface area contributed by atoms with Crippen LogP contribution in [-0.2, 0) is 0 Å². The molecule has 0 aliphatic heterocycles. The molecule has 2 rings (SSSR count). The molecule has 0 radical (unpaired) electrons. The topological polar surface area (TPSA) is 77.8 Å². The molecule has 0 bridgehead atoms. The second-order valence-corrected chi connectivity index (χ2v) is 4.54. The summed E-state index contributed by atoms with van der Waals surface area (Å²) in [6, 6.07) is 2.99. The molecule has 1 aliphatic rings. The highest BCUT2D eigenvalue weighted by Crippen LogP contribution is 2.40. The van der Waals surface area contributed by atoms with Gasteiger partial charge in [-0.05, 0) is 30.4 Å². The van der Waals surface area contributed by atoms with Crippen molar-refractivity contribution in [2.24, 2.45) is 0 Å². The molecular formula is C13H16O4. The highest BCUT2D eigenvalue weighted by molar-refractivity contribution is 5.94. The van der Waals surface area contributed by atoms with Crippen molar-refractivity contribution in [3.63, 3.8) is 0 Å². The van der Waals surface area contributed by atoms with Gasteiger partial charge in [0.25, 0.3) is 0 Å². The van der Waals surface area contributed by atoms with Crippen LogP contribution in [0, 0.1) is 0 Å². The van der Waals surface area contributed by atoms with Crippen molar-refractivity contribution in [1.82, 2.24) is 0 Å². The Morgan fingerprint density at radius 1 is 1.12 bits per heavy atom. The zero-order valence-electron chi connectivity index (χ0n) is 9.52. The summed E-state index contributed by atoms with van der Waals surface area (Å²) in [5.74, 6) is -1.74. The number of hydrogen-bond donors (Lipinski definition) is 3. The van der Waals surface area contributed by atoms with Crippen molar-refractivity contribution >= 4 is 5.97 Å². The molecular weight excluding hydrogens is 220 g/mol. The first-order chi connectivity index (χ1) is 8.11. The Labute approximate surface area is 99.5 Å². The van der Waals surface area contributed by atoms with Crippen molar-refractivity contribution in [3.05, 3.63) is 23.3 Å². The lowest BCUT2D eigenvalue weighted by atomic mass is 9.83. The van der Waals surface area contributed by atoms with Gasteiger partial charge in [-0.1, -0.05) is 25.3 Å². The Kier molecular flexibility index (Phi) is 3.22. The third-order valence-corrected chi connectivity index (χ3v) is 3.45. The molecule has 1 aromatic rings. The molecule has 1 aliphatic carbocycles. The van der Waals surface area contributed by atoms with E-state index in [0.29, 0.717) is 5.56 Å². The highest BCUT2D eigenvalue weighted by Gasteiger charge is 2.24. The molecule has 1 aromatic carbocycles. The number of rotatable bonds is 2. The molecule has 1 fully saturated rings. The Hall–Kier alpha value is -1.71. The van der Waals surface area contributed by atoms with Crippen molar-refractivity contribution in [2.75, 3.05) is 0 Å². The van der Waals surface area contributed by atoms with Crippen LogP contribution in [0.5, 0.6) is 11.5 Å². The molecule has 0 atom stereocenters. The molecule has 3 N–H and O–H groups in total. The summed E-state index contributed by atoms with van der Waals surface area (Å²) in [6.07, 6.45) is 5.34. The quantitative estimate of drug-likeness (QED) is 0.737. The molecule has 4 nitrogen and oxygen atoms in total. The summed E-state index contributed by atoms with van der Waals surface area (Å²) in [5.41, 5.74) is 0.271. The van der Waals surface area contributed by atoms with Gasteiger partial charge in [0.1, 0.15) is 17.1 Å². The van der Waals surface area contributed by atoms with Gasteiger partial charge in [-0.15, -0.1) is 0 Å². The lowest BCUT2D eigenvalue weighted by Gasteiger charge is -2.23. The minimum atomic E-state index is -1.29. The minimum Gasteiger partial charge on any atom is -0.507 e. The van der Waals surface area contributed by atoms with Crippen LogP contribution in [0.3, 0.4) is 0 Å². The van der Waals surface area contributed by atoms with E-state index in [1.165, 1.54) is 12.5 Å². The van der Waals surface area contributed by atoms with E-state index in [2.05, 4.69) is 0 Å². The summed E-state index contributed by atoms with van der Waals surface area (Å²) >= 11 is 0. The fourth-order valence-corrected chi connectivity index (χ4v) is 2.55. The number of carbonyl (C=O) groups is 1. The lowest BCUT2D eigenvalue weighted by Crippen LogP contribution is -2.07. The number of hydrogen-bond acceptors (Lipinski definition) is 3. The average Bonchev–Trinajstić information content (AvgIpc) is 2.30. The van der Waals surface area contributed by atoms with Crippen LogP contribution in [0.15, 0.2) is 12.1 Å². The normalized spacial score (nSPS) is 16.9. The predicted molar refractivity (Wildman–Crippen MR) is 62.6 cm³/mol. The number of carboxylic acids is 1. The summed E-state index contributed by atoms with van der Waals surface area (Å²) < 4.78 is 0. The summed E-state index contributed by atoms with van der Waals surface area (Å²) in [5, 5.41) is 28.3. The lowest BCUT2D eigenvalue weighted by molar-refractivity contribution is 0.0690. The number of aromatic carboxylic acids is 1. The van der Waals surface area contributed by atoms with Crippen molar-refractivity contribution < 1.29 is 20.1 Å². The van der Waals surface area contributed by atoms with Gasteiger partial charge in [-0.25, -0.2) is 4.79 Å². The van der Waals surface area contributed by atoms with Gasteiger partial charge >= 0.3 is 5.97 Å². The molecule has 92 valence electrons. The van der Waals surface area contributed by atoms with Crippen molar-refractivity contribution in [2.45, 2.75) is 38.0 Å². The number of benzene rings is 1. The van der Waals surface area contributed by atoms with Crippen LogP contribution in [-0.4, -0.2) is 21.3 Å². The maximum Gasteiger partial charge on any atom is 0.343 e. The van der Waals surface area contributed by atoms with Crippen LogP contribution in [0.1, 0.15) is 53.9 Å². The monoisotopic (exact) mass is 236 g/mol. The maximum absolute atomic E-state index is 11.0. The third-order valence-electron chi connectivity index (χ3n) is 3.45. The van der Waals surface area contributed by atoms with Crippen LogP contribution in [0.25, 0.3) is 0 Å². The molecule has 0 spiro atoms.